The Kier molecular flexibility index (Phi) is 5.58. The van der Waals surface area contributed by atoms with Crippen LogP contribution in [0.2, 0.25) is 0 Å². The third-order valence-electron chi connectivity index (χ3n) is 3.42. The lowest BCUT2D eigenvalue weighted by Crippen LogP contribution is -2.51. The van der Waals surface area contributed by atoms with E-state index >= 15 is 0 Å². The number of carboxylic acids is 1. The van der Waals surface area contributed by atoms with Gasteiger partial charge in [0.05, 0.1) is 0 Å². The molecule has 2 N–H and O–H groups in total. The summed E-state index contributed by atoms with van der Waals surface area (Å²) in [6.07, 6.45) is 0. The van der Waals surface area contributed by atoms with Crippen molar-refractivity contribution in [3.63, 3.8) is 0 Å². The fraction of sp³-hybridized carbons (Fsp3) is 0.529. The molecule has 0 aliphatic heterocycles. The average molecular weight is 307 g/mol. The summed E-state index contributed by atoms with van der Waals surface area (Å²) in [7, 11) is 0. The predicted molar refractivity (Wildman–Crippen MR) is 85.2 cm³/mol. The Morgan fingerprint density at radius 2 is 1.82 bits per heavy atom. The second kappa shape index (κ2) is 6.81. The summed E-state index contributed by atoms with van der Waals surface area (Å²) < 4.78 is 5.91. The highest BCUT2D eigenvalue weighted by Crippen LogP contribution is 2.30. The van der Waals surface area contributed by atoms with Gasteiger partial charge in [0.15, 0.2) is 5.60 Å². The summed E-state index contributed by atoms with van der Waals surface area (Å²) in [5, 5.41) is 11.3. The molecule has 122 valence electrons. The van der Waals surface area contributed by atoms with E-state index in [0.29, 0.717) is 5.75 Å². The summed E-state index contributed by atoms with van der Waals surface area (Å²) in [6, 6.07) is 4.92. The van der Waals surface area contributed by atoms with Gasteiger partial charge in [0.1, 0.15) is 11.8 Å². The van der Waals surface area contributed by atoms with Crippen molar-refractivity contribution >= 4 is 11.9 Å². The number of benzene rings is 1. The van der Waals surface area contributed by atoms with Gasteiger partial charge in [0, 0.05) is 0 Å². The third kappa shape index (κ3) is 4.48. The van der Waals surface area contributed by atoms with Gasteiger partial charge < -0.3 is 15.2 Å². The smallest absolute Gasteiger partial charge is 0.325 e. The molecule has 0 aliphatic rings. The van der Waals surface area contributed by atoms with E-state index < -0.39 is 23.5 Å². The van der Waals surface area contributed by atoms with Crippen molar-refractivity contribution in [1.82, 2.24) is 5.32 Å². The van der Waals surface area contributed by atoms with Crippen LogP contribution in [0.15, 0.2) is 18.2 Å². The van der Waals surface area contributed by atoms with Gasteiger partial charge in [-0.3, -0.25) is 9.59 Å². The third-order valence-corrected chi connectivity index (χ3v) is 3.42. The first-order valence-corrected chi connectivity index (χ1v) is 7.38. The molecule has 22 heavy (non-hydrogen) atoms. The normalized spacial score (nSPS) is 12.9. The van der Waals surface area contributed by atoms with Gasteiger partial charge >= 0.3 is 5.97 Å². The molecule has 1 aromatic rings. The molecule has 1 amide bonds. The maximum atomic E-state index is 12.3. The quantitative estimate of drug-likeness (QED) is 0.847. The predicted octanol–water partition coefficient (Wildman–Crippen LogP) is 2.87. The molecule has 0 saturated carbocycles. The molecule has 1 rings (SSSR count). The van der Waals surface area contributed by atoms with Gasteiger partial charge in [0.2, 0.25) is 0 Å². The fourth-order valence-corrected chi connectivity index (χ4v) is 1.96. The van der Waals surface area contributed by atoms with Gasteiger partial charge in [-0.05, 0) is 50.8 Å². The summed E-state index contributed by atoms with van der Waals surface area (Å²) in [5.74, 6) is -0.633. The number of hydrogen-bond acceptors (Lipinski definition) is 3. The number of carbonyl (C=O) groups excluding carboxylic acids is 1. The molecular weight excluding hydrogens is 282 g/mol. The molecule has 0 bridgehead atoms. The standard InChI is InChI=1S/C17H25NO4/c1-10(2)13-8-7-11(3)9-14(13)22-17(5,6)16(21)18-12(4)15(19)20/h7-10,12H,1-6H3,(H,18,21)(H,19,20). The molecule has 1 aromatic carbocycles. The van der Waals surface area contributed by atoms with E-state index in [1.165, 1.54) is 6.92 Å². The van der Waals surface area contributed by atoms with E-state index in [4.69, 9.17) is 9.84 Å². The minimum atomic E-state index is -1.17. The monoisotopic (exact) mass is 307 g/mol. The Balaban J connectivity index is 2.99. The molecule has 1 unspecified atom stereocenters. The topological polar surface area (TPSA) is 75.6 Å². The molecule has 0 saturated heterocycles. The van der Waals surface area contributed by atoms with Crippen LogP contribution >= 0.6 is 0 Å². The first-order chi connectivity index (χ1) is 10.0. The van der Waals surface area contributed by atoms with Crippen molar-refractivity contribution in [3.05, 3.63) is 29.3 Å². The van der Waals surface area contributed by atoms with Gasteiger partial charge in [0.25, 0.3) is 5.91 Å². The van der Waals surface area contributed by atoms with Crippen LogP contribution in [0.4, 0.5) is 0 Å². The zero-order valence-electron chi connectivity index (χ0n) is 14.1. The van der Waals surface area contributed by atoms with E-state index in [9.17, 15) is 9.59 Å². The highest BCUT2D eigenvalue weighted by molar-refractivity contribution is 5.88. The van der Waals surface area contributed by atoms with Crippen LogP contribution in [0.1, 0.15) is 51.7 Å². The Hall–Kier alpha value is -2.04. The van der Waals surface area contributed by atoms with Crippen molar-refractivity contribution in [3.8, 4) is 5.75 Å². The van der Waals surface area contributed by atoms with Crippen LogP contribution in [-0.2, 0) is 9.59 Å². The van der Waals surface area contributed by atoms with Gasteiger partial charge in [-0.15, -0.1) is 0 Å². The zero-order chi connectivity index (χ0) is 17.1. The summed E-state index contributed by atoms with van der Waals surface area (Å²) >= 11 is 0. The molecule has 0 aromatic heterocycles. The van der Waals surface area contributed by atoms with Gasteiger partial charge in [-0.25, -0.2) is 0 Å². The second-order valence-electron chi connectivity index (χ2n) is 6.34. The van der Waals surface area contributed by atoms with E-state index in [0.717, 1.165) is 11.1 Å². The van der Waals surface area contributed by atoms with Gasteiger partial charge in [-0.1, -0.05) is 26.0 Å². The van der Waals surface area contributed by atoms with Crippen LogP contribution in [0.5, 0.6) is 5.75 Å². The SMILES string of the molecule is Cc1ccc(C(C)C)c(OC(C)(C)C(=O)NC(C)C(=O)O)c1. The number of carbonyl (C=O) groups is 2. The highest BCUT2D eigenvalue weighted by atomic mass is 16.5. The first-order valence-electron chi connectivity index (χ1n) is 7.38. The van der Waals surface area contributed by atoms with Crippen LogP contribution in [0, 0.1) is 6.92 Å². The Bertz CT molecular complexity index is 564. The summed E-state index contributed by atoms with van der Waals surface area (Å²) in [6.45, 7) is 10.7. The van der Waals surface area contributed by atoms with Crippen LogP contribution in [-0.4, -0.2) is 28.6 Å². The van der Waals surface area contributed by atoms with Crippen molar-refractivity contribution in [2.45, 2.75) is 59.1 Å². The fourth-order valence-electron chi connectivity index (χ4n) is 1.96. The molecule has 0 fully saturated rings. The minimum Gasteiger partial charge on any atom is -0.480 e. The number of rotatable bonds is 6. The van der Waals surface area contributed by atoms with Crippen molar-refractivity contribution in [2.24, 2.45) is 0 Å². The van der Waals surface area contributed by atoms with Crippen molar-refractivity contribution < 1.29 is 19.4 Å². The highest BCUT2D eigenvalue weighted by Gasteiger charge is 2.32. The molecule has 0 aliphatic carbocycles. The largest absolute Gasteiger partial charge is 0.480 e. The first kappa shape index (κ1) is 18.0. The molecule has 0 heterocycles. The lowest BCUT2D eigenvalue weighted by atomic mass is 9.99. The molecule has 5 nitrogen and oxygen atoms in total. The van der Waals surface area contributed by atoms with Crippen LogP contribution in [0.25, 0.3) is 0 Å². The Labute approximate surface area is 131 Å². The van der Waals surface area contributed by atoms with E-state index in [2.05, 4.69) is 19.2 Å². The molecular formula is C17H25NO4. The van der Waals surface area contributed by atoms with E-state index in [-0.39, 0.29) is 5.92 Å². The Morgan fingerprint density at radius 1 is 1.23 bits per heavy atom. The molecule has 1 atom stereocenters. The second-order valence-corrected chi connectivity index (χ2v) is 6.34. The molecule has 5 heteroatoms. The summed E-state index contributed by atoms with van der Waals surface area (Å²) in [5.41, 5.74) is 0.883. The summed E-state index contributed by atoms with van der Waals surface area (Å²) in [4.78, 5) is 23.1. The van der Waals surface area contributed by atoms with Crippen molar-refractivity contribution in [2.75, 3.05) is 0 Å². The number of hydrogen-bond donors (Lipinski definition) is 2. The number of amides is 1. The number of ether oxygens (including phenoxy) is 1. The lowest BCUT2D eigenvalue weighted by molar-refractivity contribution is -0.144. The number of carboxylic acid groups (broad SMARTS) is 1. The lowest BCUT2D eigenvalue weighted by Gasteiger charge is -2.28. The Morgan fingerprint density at radius 3 is 2.32 bits per heavy atom. The molecule has 0 spiro atoms. The maximum absolute atomic E-state index is 12.3. The zero-order valence-corrected chi connectivity index (χ0v) is 14.1. The van der Waals surface area contributed by atoms with Crippen LogP contribution < -0.4 is 10.1 Å². The van der Waals surface area contributed by atoms with Gasteiger partial charge in [-0.2, -0.15) is 0 Å². The molecule has 0 radical (unpaired) electrons. The van der Waals surface area contributed by atoms with Crippen molar-refractivity contribution in [1.29, 1.82) is 0 Å². The average Bonchev–Trinajstić information content (AvgIpc) is 2.37. The van der Waals surface area contributed by atoms with E-state index in [1.807, 2.05) is 25.1 Å². The maximum Gasteiger partial charge on any atom is 0.325 e. The minimum absolute atomic E-state index is 0.257. The number of aryl methyl sites for hydroxylation is 1. The van der Waals surface area contributed by atoms with Crippen LogP contribution in [0.3, 0.4) is 0 Å². The number of aliphatic carboxylic acids is 1. The number of nitrogens with one attached hydrogen (secondary N) is 1. The van der Waals surface area contributed by atoms with E-state index in [1.54, 1.807) is 13.8 Å².